The summed E-state index contributed by atoms with van der Waals surface area (Å²) in [4.78, 5) is 21.4. The SMILES string of the molecule is Cc1ccc2c(c1)/C(=C\CC[NH+](C)C)c1ccccc1CS2=O.O=C([O-])/C=C\C(=O)O. The van der Waals surface area contributed by atoms with Crippen molar-refractivity contribution in [2.75, 3.05) is 20.6 Å². The Morgan fingerprint density at radius 1 is 1.13 bits per heavy atom. The lowest BCUT2D eigenvalue weighted by Crippen LogP contribution is -3.05. The molecule has 0 aromatic heterocycles. The van der Waals surface area contributed by atoms with Gasteiger partial charge in [0.05, 0.1) is 43.2 Å². The topological polar surface area (TPSA) is 98.9 Å². The molecule has 7 heteroatoms. The Kier molecular flexibility index (Phi) is 8.90. The molecule has 0 radical (unpaired) electrons. The summed E-state index contributed by atoms with van der Waals surface area (Å²) in [6.45, 7) is 3.19. The van der Waals surface area contributed by atoms with Gasteiger partial charge in [-0.2, -0.15) is 0 Å². The van der Waals surface area contributed by atoms with Gasteiger partial charge in [-0.1, -0.05) is 48.0 Å². The fourth-order valence-corrected chi connectivity index (χ4v) is 4.51. The second kappa shape index (κ2) is 11.4. The molecule has 0 fully saturated rings. The first-order valence-electron chi connectivity index (χ1n) is 9.88. The van der Waals surface area contributed by atoms with Crippen molar-refractivity contribution in [3.8, 4) is 0 Å². The Balaban J connectivity index is 0.000000366. The highest BCUT2D eigenvalue weighted by molar-refractivity contribution is 7.84. The second-order valence-electron chi connectivity index (χ2n) is 7.50. The zero-order valence-electron chi connectivity index (χ0n) is 17.9. The summed E-state index contributed by atoms with van der Waals surface area (Å²) in [5.41, 5.74) is 6.01. The van der Waals surface area contributed by atoms with Gasteiger partial charge in [0.25, 0.3) is 0 Å². The predicted octanol–water partition coefficient (Wildman–Crippen LogP) is 0.960. The molecule has 6 nitrogen and oxygen atoms in total. The van der Waals surface area contributed by atoms with Crippen molar-refractivity contribution < 1.29 is 28.9 Å². The van der Waals surface area contributed by atoms with Gasteiger partial charge in [-0.3, -0.25) is 4.21 Å². The van der Waals surface area contributed by atoms with Crippen LogP contribution in [0.2, 0.25) is 0 Å². The molecule has 1 aliphatic heterocycles. The molecule has 2 aromatic carbocycles. The molecule has 0 spiro atoms. The van der Waals surface area contributed by atoms with Crippen LogP contribution in [-0.4, -0.2) is 41.9 Å². The Bertz CT molecular complexity index is 1020. The molecule has 3 rings (SSSR count). The summed E-state index contributed by atoms with van der Waals surface area (Å²) in [6, 6.07) is 14.7. The number of carbonyl (C=O) groups is 2. The quantitative estimate of drug-likeness (QED) is 0.674. The predicted molar refractivity (Wildman–Crippen MR) is 119 cm³/mol. The van der Waals surface area contributed by atoms with E-state index in [4.69, 9.17) is 5.11 Å². The minimum Gasteiger partial charge on any atom is -0.545 e. The van der Waals surface area contributed by atoms with Crippen LogP contribution in [0.15, 0.2) is 65.6 Å². The van der Waals surface area contributed by atoms with Crippen LogP contribution < -0.4 is 10.0 Å². The van der Waals surface area contributed by atoms with Crippen molar-refractivity contribution in [1.82, 2.24) is 0 Å². The van der Waals surface area contributed by atoms with Crippen LogP contribution in [0.4, 0.5) is 0 Å². The van der Waals surface area contributed by atoms with Gasteiger partial charge in [0.1, 0.15) is 0 Å². The van der Waals surface area contributed by atoms with E-state index in [0.29, 0.717) is 17.9 Å². The highest BCUT2D eigenvalue weighted by atomic mass is 32.2. The van der Waals surface area contributed by atoms with E-state index >= 15 is 0 Å². The standard InChI is InChI=1S/C20H23NOS.C4H4O4/c1-15-10-11-20-19(13-15)18(9-6-12-21(2)3)17-8-5-4-7-16(17)14-23(20)22;5-3(6)1-2-4(7)8/h4-5,7-11,13H,6,12,14H2,1-3H3;1-2H,(H,5,6)(H,7,8)/b18-9-;2-1-. The largest absolute Gasteiger partial charge is 0.545 e. The fourth-order valence-electron chi connectivity index (χ4n) is 3.19. The number of aryl methyl sites for hydroxylation is 1. The summed E-state index contributed by atoms with van der Waals surface area (Å²) in [5.74, 6) is -2.20. The molecule has 0 saturated carbocycles. The van der Waals surface area contributed by atoms with Crippen LogP contribution in [0, 0.1) is 6.92 Å². The highest BCUT2D eigenvalue weighted by Gasteiger charge is 2.22. The maximum absolute atomic E-state index is 12.8. The van der Waals surface area contributed by atoms with E-state index in [1.54, 1.807) is 0 Å². The van der Waals surface area contributed by atoms with E-state index in [2.05, 4.69) is 57.4 Å². The van der Waals surface area contributed by atoms with Gasteiger partial charge in [-0.25, -0.2) is 4.79 Å². The first-order chi connectivity index (χ1) is 14.7. The molecule has 0 aliphatic carbocycles. The van der Waals surface area contributed by atoms with Gasteiger partial charge in [-0.05, 0) is 41.3 Å². The van der Waals surface area contributed by atoms with Gasteiger partial charge in [0.2, 0.25) is 0 Å². The zero-order chi connectivity index (χ0) is 23.0. The van der Waals surface area contributed by atoms with Crippen LogP contribution in [-0.2, 0) is 26.1 Å². The number of rotatable bonds is 5. The smallest absolute Gasteiger partial charge is 0.328 e. The third kappa shape index (κ3) is 7.31. The third-order valence-corrected chi connectivity index (χ3v) is 6.04. The lowest BCUT2D eigenvalue weighted by atomic mass is 9.93. The normalized spacial score (nSPS) is 16.3. The molecule has 1 unspecified atom stereocenters. The molecule has 0 amide bonds. The number of nitrogens with one attached hydrogen (secondary N) is 1. The molecule has 31 heavy (non-hydrogen) atoms. The number of benzene rings is 2. The van der Waals surface area contributed by atoms with E-state index in [-0.39, 0.29) is 0 Å². The maximum Gasteiger partial charge on any atom is 0.328 e. The lowest BCUT2D eigenvalue weighted by Gasteiger charge is -2.13. The fraction of sp³-hybridized carbons (Fsp3) is 0.250. The van der Waals surface area contributed by atoms with Crippen molar-refractivity contribution in [2.45, 2.75) is 24.0 Å². The number of quaternary nitrogens is 1. The average Bonchev–Trinajstić information content (AvgIpc) is 2.81. The average molecular weight is 442 g/mol. The van der Waals surface area contributed by atoms with Crippen LogP contribution in [0.3, 0.4) is 0 Å². The van der Waals surface area contributed by atoms with Crippen LogP contribution in [0.1, 0.15) is 28.7 Å². The molecule has 2 N–H and O–H groups in total. The maximum atomic E-state index is 12.8. The first kappa shape index (κ1) is 24.2. The molecular formula is C24H27NO5S. The summed E-state index contributed by atoms with van der Waals surface area (Å²) < 4.78 is 12.8. The number of carboxylic acid groups (broad SMARTS) is 2. The van der Waals surface area contributed by atoms with Crippen molar-refractivity contribution in [2.24, 2.45) is 0 Å². The van der Waals surface area contributed by atoms with Gasteiger partial charge in [0.15, 0.2) is 0 Å². The van der Waals surface area contributed by atoms with E-state index in [9.17, 15) is 18.9 Å². The number of aliphatic carboxylic acids is 2. The number of carboxylic acids is 2. The molecule has 1 heterocycles. The third-order valence-electron chi connectivity index (χ3n) is 4.62. The number of hydrogen-bond donors (Lipinski definition) is 2. The Morgan fingerprint density at radius 3 is 2.45 bits per heavy atom. The summed E-state index contributed by atoms with van der Waals surface area (Å²) >= 11 is 0. The van der Waals surface area contributed by atoms with Gasteiger partial charge in [-0.15, -0.1) is 0 Å². The molecule has 2 aromatic rings. The molecule has 0 saturated heterocycles. The van der Waals surface area contributed by atoms with Crippen molar-refractivity contribution >= 4 is 28.3 Å². The van der Waals surface area contributed by atoms with Gasteiger partial charge in [0, 0.05) is 17.4 Å². The molecule has 1 aliphatic rings. The van der Waals surface area contributed by atoms with Gasteiger partial charge >= 0.3 is 5.97 Å². The van der Waals surface area contributed by atoms with Crippen molar-refractivity contribution in [1.29, 1.82) is 0 Å². The minimum atomic E-state index is -1.51. The zero-order valence-corrected chi connectivity index (χ0v) is 18.7. The molecule has 0 bridgehead atoms. The van der Waals surface area contributed by atoms with Crippen LogP contribution in [0.5, 0.6) is 0 Å². The Hall–Kier alpha value is -3.03. The summed E-state index contributed by atoms with van der Waals surface area (Å²) in [7, 11) is 3.36. The van der Waals surface area contributed by atoms with E-state index in [0.717, 1.165) is 23.4 Å². The number of hydrogen-bond acceptors (Lipinski definition) is 4. The molecule has 164 valence electrons. The highest BCUT2D eigenvalue weighted by Crippen LogP contribution is 2.36. The second-order valence-corrected chi connectivity index (χ2v) is 8.92. The van der Waals surface area contributed by atoms with E-state index in [1.165, 1.54) is 27.2 Å². The van der Waals surface area contributed by atoms with Crippen molar-refractivity contribution in [3.63, 3.8) is 0 Å². The summed E-state index contributed by atoms with van der Waals surface area (Å²) in [6.07, 6.45) is 4.29. The summed E-state index contributed by atoms with van der Waals surface area (Å²) in [5, 5.41) is 17.2. The van der Waals surface area contributed by atoms with Crippen molar-refractivity contribution in [3.05, 3.63) is 82.9 Å². The molecular weight excluding hydrogens is 414 g/mol. The van der Waals surface area contributed by atoms with E-state index in [1.807, 2.05) is 12.1 Å². The lowest BCUT2D eigenvalue weighted by molar-refractivity contribution is -0.857. The van der Waals surface area contributed by atoms with Crippen LogP contribution >= 0.6 is 0 Å². The van der Waals surface area contributed by atoms with Gasteiger partial charge < -0.3 is 19.9 Å². The van der Waals surface area contributed by atoms with Crippen LogP contribution in [0.25, 0.3) is 5.57 Å². The Morgan fingerprint density at radius 2 is 1.84 bits per heavy atom. The minimum absolute atomic E-state index is 0.447. The Labute approximate surface area is 185 Å². The number of carbonyl (C=O) groups excluding carboxylic acids is 1. The number of fused-ring (bicyclic) bond motifs is 2. The monoisotopic (exact) mass is 441 g/mol. The molecule has 1 atom stereocenters. The van der Waals surface area contributed by atoms with E-state index < -0.39 is 22.7 Å². The first-order valence-corrected chi connectivity index (χ1v) is 11.2.